The van der Waals surface area contributed by atoms with Crippen LogP contribution in [0.3, 0.4) is 0 Å². The number of hydrogen-bond acceptors (Lipinski definition) is 2. The minimum Gasteiger partial charge on any atom is -0.399 e. The van der Waals surface area contributed by atoms with Crippen LogP contribution in [0, 0.1) is 0 Å². The fourth-order valence-electron chi connectivity index (χ4n) is 2.14. The molecule has 0 saturated heterocycles. The highest BCUT2D eigenvalue weighted by Crippen LogP contribution is 2.19. The van der Waals surface area contributed by atoms with E-state index in [1.165, 1.54) is 11.1 Å². The highest BCUT2D eigenvalue weighted by molar-refractivity contribution is 5.40. The Kier molecular flexibility index (Phi) is 4.99. The molecule has 0 heterocycles. The van der Waals surface area contributed by atoms with Crippen molar-refractivity contribution in [2.24, 2.45) is 0 Å². The van der Waals surface area contributed by atoms with E-state index >= 15 is 0 Å². The van der Waals surface area contributed by atoms with Crippen LogP contribution < -0.4 is 11.1 Å². The third-order valence-corrected chi connectivity index (χ3v) is 3.43. The summed E-state index contributed by atoms with van der Waals surface area (Å²) < 4.78 is 0. The van der Waals surface area contributed by atoms with E-state index in [-0.39, 0.29) is 0 Å². The summed E-state index contributed by atoms with van der Waals surface area (Å²) in [5.41, 5.74) is 9.23. The van der Waals surface area contributed by atoms with Gasteiger partial charge in [-0.15, -0.1) is 0 Å². The van der Waals surface area contributed by atoms with E-state index in [0.29, 0.717) is 5.92 Å². The second-order valence-electron chi connectivity index (χ2n) is 5.02. The van der Waals surface area contributed by atoms with Gasteiger partial charge in [-0.3, -0.25) is 0 Å². The van der Waals surface area contributed by atoms with Gasteiger partial charge in [0.25, 0.3) is 0 Å². The van der Waals surface area contributed by atoms with Crippen LogP contribution in [-0.4, -0.2) is 6.54 Å². The van der Waals surface area contributed by atoms with Crippen LogP contribution in [0.5, 0.6) is 0 Å². The van der Waals surface area contributed by atoms with Crippen molar-refractivity contribution >= 4 is 5.69 Å². The third-order valence-electron chi connectivity index (χ3n) is 3.43. The number of hydrogen-bond donors (Lipinski definition) is 2. The maximum absolute atomic E-state index is 5.70. The molecule has 0 fully saturated rings. The van der Waals surface area contributed by atoms with Crippen molar-refractivity contribution in [2.75, 3.05) is 12.3 Å². The summed E-state index contributed by atoms with van der Waals surface area (Å²) >= 11 is 0. The van der Waals surface area contributed by atoms with Crippen molar-refractivity contribution in [1.29, 1.82) is 0 Å². The Morgan fingerprint density at radius 3 is 2.37 bits per heavy atom. The van der Waals surface area contributed by atoms with Gasteiger partial charge in [-0.2, -0.15) is 0 Å². The summed E-state index contributed by atoms with van der Waals surface area (Å²) in [6.45, 7) is 4.23. The molecule has 1 unspecified atom stereocenters. The molecular weight excluding hydrogens is 232 g/mol. The minimum atomic E-state index is 0.559. The van der Waals surface area contributed by atoms with Crippen LogP contribution in [0.15, 0.2) is 54.6 Å². The second-order valence-corrected chi connectivity index (χ2v) is 5.02. The molecule has 0 saturated carbocycles. The number of benzene rings is 2. The van der Waals surface area contributed by atoms with Gasteiger partial charge in [0.05, 0.1) is 0 Å². The van der Waals surface area contributed by atoms with Crippen molar-refractivity contribution in [3.63, 3.8) is 0 Å². The first-order valence-electron chi connectivity index (χ1n) is 6.86. The molecule has 0 bridgehead atoms. The monoisotopic (exact) mass is 254 g/mol. The van der Waals surface area contributed by atoms with E-state index in [9.17, 15) is 0 Å². The summed E-state index contributed by atoms with van der Waals surface area (Å²) in [5, 5.41) is 3.49. The number of anilines is 1. The average Bonchev–Trinajstić information content (AvgIpc) is 2.45. The van der Waals surface area contributed by atoms with Crippen molar-refractivity contribution in [3.8, 4) is 0 Å². The standard InChI is InChI=1S/C17H22N2/c1-14(16-7-9-17(18)10-8-16)11-12-19-13-15-5-3-2-4-6-15/h2-10,14,19H,11-13,18H2,1H3. The molecule has 2 aromatic rings. The zero-order chi connectivity index (χ0) is 13.5. The Labute approximate surface area is 115 Å². The molecule has 2 nitrogen and oxygen atoms in total. The van der Waals surface area contributed by atoms with Crippen molar-refractivity contribution in [3.05, 3.63) is 65.7 Å². The molecule has 0 radical (unpaired) electrons. The average molecular weight is 254 g/mol. The van der Waals surface area contributed by atoms with Crippen LogP contribution in [0.25, 0.3) is 0 Å². The lowest BCUT2D eigenvalue weighted by Gasteiger charge is -2.12. The third kappa shape index (κ3) is 4.42. The molecule has 0 aliphatic rings. The summed E-state index contributed by atoms with van der Waals surface area (Å²) in [4.78, 5) is 0. The van der Waals surface area contributed by atoms with E-state index < -0.39 is 0 Å². The lowest BCUT2D eigenvalue weighted by atomic mass is 9.97. The molecule has 0 amide bonds. The van der Waals surface area contributed by atoms with Gasteiger partial charge in [-0.05, 0) is 42.1 Å². The SMILES string of the molecule is CC(CCNCc1ccccc1)c1ccc(N)cc1. The number of nitrogen functional groups attached to an aromatic ring is 1. The molecule has 100 valence electrons. The fraction of sp³-hybridized carbons (Fsp3) is 0.294. The van der Waals surface area contributed by atoms with Gasteiger partial charge in [0.2, 0.25) is 0 Å². The number of nitrogens with one attached hydrogen (secondary N) is 1. The molecule has 0 aliphatic heterocycles. The van der Waals surface area contributed by atoms with Crippen LogP contribution in [0.2, 0.25) is 0 Å². The lowest BCUT2D eigenvalue weighted by molar-refractivity contribution is 0.594. The predicted molar refractivity (Wildman–Crippen MR) is 82.0 cm³/mol. The molecule has 2 rings (SSSR count). The normalized spacial score (nSPS) is 12.3. The highest BCUT2D eigenvalue weighted by atomic mass is 14.8. The molecule has 1 atom stereocenters. The van der Waals surface area contributed by atoms with Gasteiger partial charge in [-0.25, -0.2) is 0 Å². The Bertz CT molecular complexity index is 476. The molecule has 0 aliphatic carbocycles. The zero-order valence-electron chi connectivity index (χ0n) is 11.5. The molecule has 3 N–H and O–H groups in total. The molecule has 0 spiro atoms. The molecule has 19 heavy (non-hydrogen) atoms. The van der Waals surface area contributed by atoms with E-state index in [1.807, 2.05) is 18.2 Å². The van der Waals surface area contributed by atoms with E-state index in [0.717, 1.165) is 25.2 Å². The summed E-state index contributed by atoms with van der Waals surface area (Å²) in [6.07, 6.45) is 1.14. The smallest absolute Gasteiger partial charge is 0.0314 e. The fourth-order valence-corrected chi connectivity index (χ4v) is 2.14. The van der Waals surface area contributed by atoms with Gasteiger partial charge >= 0.3 is 0 Å². The van der Waals surface area contributed by atoms with Gasteiger partial charge in [0.1, 0.15) is 0 Å². The molecule has 0 aromatic heterocycles. The first-order valence-corrected chi connectivity index (χ1v) is 6.86. The van der Waals surface area contributed by atoms with E-state index in [4.69, 9.17) is 5.73 Å². The number of rotatable bonds is 6. The van der Waals surface area contributed by atoms with Gasteiger partial charge in [0, 0.05) is 12.2 Å². The minimum absolute atomic E-state index is 0.559. The first kappa shape index (κ1) is 13.6. The largest absolute Gasteiger partial charge is 0.399 e. The predicted octanol–water partition coefficient (Wildman–Crippen LogP) is 3.55. The van der Waals surface area contributed by atoms with Crippen LogP contribution >= 0.6 is 0 Å². The Hall–Kier alpha value is -1.80. The Balaban J connectivity index is 1.72. The quantitative estimate of drug-likeness (QED) is 0.611. The maximum atomic E-state index is 5.70. The summed E-state index contributed by atoms with van der Waals surface area (Å²) in [5.74, 6) is 0.559. The van der Waals surface area contributed by atoms with Gasteiger partial charge in [-0.1, -0.05) is 49.4 Å². The van der Waals surface area contributed by atoms with Gasteiger partial charge in [0.15, 0.2) is 0 Å². The van der Waals surface area contributed by atoms with Crippen LogP contribution in [0.4, 0.5) is 5.69 Å². The number of nitrogens with two attached hydrogens (primary N) is 1. The maximum Gasteiger partial charge on any atom is 0.0314 e. The molecular formula is C17H22N2. The molecule has 2 heteroatoms. The van der Waals surface area contributed by atoms with Crippen molar-refractivity contribution in [1.82, 2.24) is 5.32 Å². The first-order chi connectivity index (χ1) is 9.25. The van der Waals surface area contributed by atoms with E-state index in [1.54, 1.807) is 0 Å². The van der Waals surface area contributed by atoms with Crippen molar-refractivity contribution < 1.29 is 0 Å². The zero-order valence-corrected chi connectivity index (χ0v) is 11.5. The second kappa shape index (κ2) is 6.95. The Morgan fingerprint density at radius 2 is 1.68 bits per heavy atom. The van der Waals surface area contributed by atoms with Crippen LogP contribution in [0.1, 0.15) is 30.4 Å². The van der Waals surface area contributed by atoms with Crippen molar-refractivity contribution in [2.45, 2.75) is 25.8 Å². The summed E-state index contributed by atoms with van der Waals surface area (Å²) in [6, 6.07) is 18.7. The highest BCUT2D eigenvalue weighted by Gasteiger charge is 2.04. The van der Waals surface area contributed by atoms with Gasteiger partial charge < -0.3 is 11.1 Å². The van der Waals surface area contributed by atoms with E-state index in [2.05, 4.69) is 48.6 Å². The lowest BCUT2D eigenvalue weighted by Crippen LogP contribution is -2.16. The molecule has 2 aromatic carbocycles. The Morgan fingerprint density at radius 1 is 1.00 bits per heavy atom. The summed E-state index contributed by atoms with van der Waals surface area (Å²) in [7, 11) is 0. The topological polar surface area (TPSA) is 38.0 Å². The van der Waals surface area contributed by atoms with Crippen LogP contribution in [-0.2, 0) is 6.54 Å².